The highest BCUT2D eigenvalue weighted by Crippen LogP contribution is 2.10. The smallest absolute Gasteiger partial charge is 0.0886 e. The molecule has 1 unspecified atom stereocenters. The van der Waals surface area contributed by atoms with Crippen LogP contribution >= 0.6 is 9.24 Å². The molecule has 2 heterocycles. The fourth-order valence-corrected chi connectivity index (χ4v) is 1.03. The third kappa shape index (κ3) is 4.18. The largest absolute Gasteiger partial charge is 0.255 e. The van der Waals surface area contributed by atoms with Crippen LogP contribution in [-0.4, -0.2) is 16.1 Å². The second-order valence-corrected chi connectivity index (χ2v) is 3.65. The molecule has 0 amide bonds. The first kappa shape index (κ1) is 11.8. The first-order valence-corrected chi connectivity index (χ1v) is 5.72. The molecule has 0 saturated heterocycles. The standard InChI is InChI=1S/C10H8N2.C2H7P/c1-3-7-11-9(5-1)10-6-2-4-8-12-10;1-2-3/h1-8H;2-3H2,1H3. The van der Waals surface area contributed by atoms with Crippen molar-refractivity contribution in [3.8, 4) is 11.4 Å². The van der Waals surface area contributed by atoms with Gasteiger partial charge < -0.3 is 0 Å². The Morgan fingerprint density at radius 2 is 1.33 bits per heavy atom. The van der Waals surface area contributed by atoms with E-state index in [9.17, 15) is 0 Å². The zero-order chi connectivity index (χ0) is 10.9. The van der Waals surface area contributed by atoms with Crippen LogP contribution in [0.5, 0.6) is 0 Å². The summed E-state index contributed by atoms with van der Waals surface area (Å²) in [6.45, 7) is 2.09. The molecule has 0 fully saturated rings. The second-order valence-electron chi connectivity index (χ2n) is 2.84. The van der Waals surface area contributed by atoms with Crippen LogP contribution in [0.15, 0.2) is 48.8 Å². The fraction of sp³-hybridized carbons (Fsp3) is 0.167. The van der Waals surface area contributed by atoms with Crippen LogP contribution in [0.25, 0.3) is 11.4 Å². The number of hydrogen-bond donors (Lipinski definition) is 0. The molecule has 0 radical (unpaired) electrons. The van der Waals surface area contributed by atoms with E-state index < -0.39 is 0 Å². The van der Waals surface area contributed by atoms with Crippen LogP contribution in [0.3, 0.4) is 0 Å². The third-order valence-corrected chi connectivity index (χ3v) is 1.59. The lowest BCUT2D eigenvalue weighted by Crippen LogP contribution is -1.83. The van der Waals surface area contributed by atoms with Crippen molar-refractivity contribution in [2.45, 2.75) is 6.92 Å². The molecule has 78 valence electrons. The van der Waals surface area contributed by atoms with Gasteiger partial charge in [-0.3, -0.25) is 9.97 Å². The van der Waals surface area contributed by atoms with Crippen molar-refractivity contribution in [2.75, 3.05) is 6.16 Å². The zero-order valence-corrected chi connectivity index (χ0v) is 9.95. The van der Waals surface area contributed by atoms with Gasteiger partial charge in [0.05, 0.1) is 11.4 Å². The maximum Gasteiger partial charge on any atom is 0.0886 e. The van der Waals surface area contributed by atoms with Gasteiger partial charge in [0.1, 0.15) is 0 Å². The quantitative estimate of drug-likeness (QED) is 0.687. The van der Waals surface area contributed by atoms with E-state index in [0.29, 0.717) is 0 Å². The Labute approximate surface area is 93.0 Å². The molecule has 2 aromatic rings. The summed E-state index contributed by atoms with van der Waals surface area (Å²) in [6.07, 6.45) is 4.70. The molecule has 0 spiro atoms. The highest BCUT2D eigenvalue weighted by molar-refractivity contribution is 7.16. The molecule has 0 aliphatic carbocycles. The van der Waals surface area contributed by atoms with Gasteiger partial charge in [0.15, 0.2) is 0 Å². The van der Waals surface area contributed by atoms with E-state index >= 15 is 0 Å². The Kier molecular flexibility index (Phi) is 5.57. The van der Waals surface area contributed by atoms with E-state index in [2.05, 4.69) is 26.1 Å². The molecule has 0 aromatic carbocycles. The summed E-state index contributed by atoms with van der Waals surface area (Å²) in [5.41, 5.74) is 1.83. The van der Waals surface area contributed by atoms with E-state index in [1.165, 1.54) is 6.16 Å². The number of hydrogen-bond acceptors (Lipinski definition) is 2. The summed E-state index contributed by atoms with van der Waals surface area (Å²) in [7, 11) is 2.58. The molecule has 1 atom stereocenters. The molecular formula is C12H15N2P. The molecule has 0 aliphatic heterocycles. The molecule has 3 heteroatoms. The van der Waals surface area contributed by atoms with Gasteiger partial charge in [0.25, 0.3) is 0 Å². The number of nitrogens with zero attached hydrogens (tertiary/aromatic N) is 2. The number of rotatable bonds is 1. The van der Waals surface area contributed by atoms with Crippen molar-refractivity contribution in [1.82, 2.24) is 9.97 Å². The van der Waals surface area contributed by atoms with Crippen LogP contribution in [0, 0.1) is 0 Å². The lowest BCUT2D eigenvalue weighted by Gasteiger charge is -1.96. The molecule has 0 saturated carbocycles. The van der Waals surface area contributed by atoms with Crippen LogP contribution in [-0.2, 0) is 0 Å². The summed E-state index contributed by atoms with van der Waals surface area (Å²) in [5, 5.41) is 0. The third-order valence-electron chi connectivity index (χ3n) is 1.59. The Morgan fingerprint density at radius 1 is 0.933 bits per heavy atom. The van der Waals surface area contributed by atoms with E-state index in [1.807, 2.05) is 36.4 Å². The average molecular weight is 218 g/mol. The molecule has 2 rings (SSSR count). The molecule has 0 aliphatic rings. The van der Waals surface area contributed by atoms with Gasteiger partial charge in [0, 0.05) is 12.4 Å². The van der Waals surface area contributed by atoms with Crippen LogP contribution in [0.2, 0.25) is 0 Å². The van der Waals surface area contributed by atoms with Crippen LogP contribution in [0.4, 0.5) is 0 Å². The molecule has 15 heavy (non-hydrogen) atoms. The van der Waals surface area contributed by atoms with E-state index in [0.717, 1.165) is 11.4 Å². The summed E-state index contributed by atoms with van der Waals surface area (Å²) in [4.78, 5) is 8.37. The minimum absolute atomic E-state index is 0.915. The lowest BCUT2D eigenvalue weighted by atomic mass is 10.2. The summed E-state index contributed by atoms with van der Waals surface area (Å²) >= 11 is 0. The highest BCUT2D eigenvalue weighted by Gasteiger charge is 1.95. The Morgan fingerprint density at radius 3 is 1.60 bits per heavy atom. The predicted octanol–water partition coefficient (Wildman–Crippen LogP) is 3.03. The van der Waals surface area contributed by atoms with Gasteiger partial charge in [0.2, 0.25) is 0 Å². The second kappa shape index (κ2) is 7.08. The van der Waals surface area contributed by atoms with Gasteiger partial charge in [-0.2, -0.15) is 0 Å². The lowest BCUT2D eigenvalue weighted by molar-refractivity contribution is 1.25. The summed E-state index contributed by atoms with van der Waals surface area (Å²) in [5.74, 6) is 0. The SMILES string of the molecule is CCP.c1ccc(-c2ccccn2)nc1. The van der Waals surface area contributed by atoms with Gasteiger partial charge in [-0.1, -0.05) is 19.1 Å². The Balaban J connectivity index is 0.000000337. The van der Waals surface area contributed by atoms with Gasteiger partial charge >= 0.3 is 0 Å². The average Bonchev–Trinajstić information content (AvgIpc) is 2.32. The molecule has 0 N–H and O–H groups in total. The van der Waals surface area contributed by atoms with Gasteiger partial charge in [-0.15, -0.1) is 9.24 Å². The molecule has 2 aromatic heterocycles. The maximum atomic E-state index is 4.19. The highest BCUT2D eigenvalue weighted by atomic mass is 31.0. The van der Waals surface area contributed by atoms with E-state index in [4.69, 9.17) is 0 Å². The molecular weight excluding hydrogens is 203 g/mol. The molecule has 0 bridgehead atoms. The van der Waals surface area contributed by atoms with Crippen molar-refractivity contribution < 1.29 is 0 Å². The predicted molar refractivity (Wildman–Crippen MR) is 67.7 cm³/mol. The van der Waals surface area contributed by atoms with Gasteiger partial charge in [-0.05, 0) is 30.4 Å². The van der Waals surface area contributed by atoms with Crippen molar-refractivity contribution in [1.29, 1.82) is 0 Å². The van der Waals surface area contributed by atoms with Gasteiger partial charge in [-0.25, -0.2) is 0 Å². The minimum Gasteiger partial charge on any atom is -0.255 e. The zero-order valence-electron chi connectivity index (χ0n) is 8.80. The van der Waals surface area contributed by atoms with Crippen molar-refractivity contribution in [2.24, 2.45) is 0 Å². The minimum atomic E-state index is 0.915. The van der Waals surface area contributed by atoms with Crippen LogP contribution in [0.1, 0.15) is 6.92 Å². The summed E-state index contributed by atoms with van der Waals surface area (Å²) < 4.78 is 0. The fourth-order valence-electron chi connectivity index (χ4n) is 1.03. The van der Waals surface area contributed by atoms with Crippen molar-refractivity contribution in [3.63, 3.8) is 0 Å². The number of pyridine rings is 2. The topological polar surface area (TPSA) is 25.8 Å². The number of aromatic nitrogens is 2. The van der Waals surface area contributed by atoms with Crippen molar-refractivity contribution >= 4 is 9.24 Å². The van der Waals surface area contributed by atoms with Crippen molar-refractivity contribution in [3.05, 3.63) is 48.8 Å². The van der Waals surface area contributed by atoms with E-state index in [1.54, 1.807) is 12.4 Å². The maximum absolute atomic E-state index is 4.19. The van der Waals surface area contributed by atoms with E-state index in [-0.39, 0.29) is 0 Å². The first-order chi connectivity index (χ1) is 7.38. The monoisotopic (exact) mass is 218 g/mol. The normalized spacial score (nSPS) is 8.93. The van der Waals surface area contributed by atoms with Crippen LogP contribution < -0.4 is 0 Å². The summed E-state index contributed by atoms with van der Waals surface area (Å²) in [6, 6.07) is 11.6. The Hall–Kier alpha value is -1.27. The first-order valence-electron chi connectivity index (χ1n) is 4.91. The Bertz CT molecular complexity index is 324. The molecule has 2 nitrogen and oxygen atoms in total.